The quantitative estimate of drug-likeness (QED) is 0.488. The van der Waals surface area contributed by atoms with E-state index in [-0.39, 0.29) is 10.8 Å². The SMILES string of the molecule is C=CCCc1ccc(-c2ccc(C3=CCC(C)CC3)cc2)c(F)c1Cl. The van der Waals surface area contributed by atoms with Crippen molar-refractivity contribution >= 4 is 17.2 Å². The fraction of sp³-hybridized carbons (Fsp3) is 0.304. The molecule has 0 saturated carbocycles. The zero-order valence-corrected chi connectivity index (χ0v) is 15.5. The lowest BCUT2D eigenvalue weighted by atomic mass is 9.87. The lowest BCUT2D eigenvalue weighted by Crippen LogP contribution is -2.00. The summed E-state index contributed by atoms with van der Waals surface area (Å²) in [6.07, 6.45) is 9.18. The van der Waals surface area contributed by atoms with Crippen LogP contribution in [0.4, 0.5) is 4.39 Å². The molecule has 3 rings (SSSR count). The third-order valence-electron chi connectivity index (χ3n) is 5.02. The van der Waals surface area contributed by atoms with Crippen molar-refractivity contribution in [2.24, 2.45) is 5.92 Å². The van der Waals surface area contributed by atoms with Crippen molar-refractivity contribution in [1.82, 2.24) is 0 Å². The third-order valence-corrected chi connectivity index (χ3v) is 5.43. The highest BCUT2D eigenvalue weighted by Crippen LogP contribution is 2.34. The maximum absolute atomic E-state index is 14.7. The fourth-order valence-corrected chi connectivity index (χ4v) is 3.61. The molecule has 1 unspecified atom stereocenters. The first kappa shape index (κ1) is 17.9. The summed E-state index contributed by atoms with van der Waals surface area (Å²) < 4.78 is 14.7. The van der Waals surface area contributed by atoms with Gasteiger partial charge in [-0.2, -0.15) is 0 Å². The normalized spacial score (nSPS) is 17.2. The summed E-state index contributed by atoms with van der Waals surface area (Å²) in [4.78, 5) is 0. The number of rotatable bonds is 5. The fourth-order valence-electron chi connectivity index (χ4n) is 3.35. The highest BCUT2D eigenvalue weighted by molar-refractivity contribution is 6.31. The number of halogens is 2. The van der Waals surface area contributed by atoms with Crippen molar-refractivity contribution in [3.8, 4) is 11.1 Å². The van der Waals surface area contributed by atoms with E-state index in [4.69, 9.17) is 11.6 Å². The Morgan fingerprint density at radius 1 is 1.16 bits per heavy atom. The number of benzene rings is 2. The molecular weight excluding hydrogens is 331 g/mol. The second-order valence-corrected chi connectivity index (χ2v) is 7.29. The second-order valence-electron chi connectivity index (χ2n) is 6.91. The van der Waals surface area contributed by atoms with Crippen LogP contribution in [0.25, 0.3) is 16.7 Å². The first-order valence-corrected chi connectivity index (χ1v) is 9.35. The molecule has 0 radical (unpaired) electrons. The van der Waals surface area contributed by atoms with Crippen LogP contribution in [-0.4, -0.2) is 0 Å². The molecule has 2 heteroatoms. The van der Waals surface area contributed by atoms with E-state index in [0.717, 1.165) is 36.3 Å². The van der Waals surface area contributed by atoms with Crippen LogP contribution in [0.15, 0.2) is 55.1 Å². The first-order chi connectivity index (χ1) is 12.1. The van der Waals surface area contributed by atoms with E-state index < -0.39 is 0 Å². The van der Waals surface area contributed by atoms with Crippen LogP contribution >= 0.6 is 11.6 Å². The van der Waals surface area contributed by atoms with Crippen LogP contribution < -0.4 is 0 Å². The predicted octanol–water partition coefficient (Wildman–Crippen LogP) is 7.47. The predicted molar refractivity (Wildman–Crippen MR) is 106 cm³/mol. The van der Waals surface area contributed by atoms with Crippen LogP contribution in [0.2, 0.25) is 5.02 Å². The first-order valence-electron chi connectivity index (χ1n) is 8.97. The monoisotopic (exact) mass is 354 g/mol. The van der Waals surface area contributed by atoms with Crippen molar-refractivity contribution in [2.45, 2.75) is 39.0 Å². The summed E-state index contributed by atoms with van der Waals surface area (Å²) in [6, 6.07) is 11.9. The van der Waals surface area contributed by atoms with E-state index in [2.05, 4.69) is 31.7 Å². The van der Waals surface area contributed by atoms with Crippen LogP contribution in [0.5, 0.6) is 0 Å². The molecule has 0 aromatic heterocycles. The van der Waals surface area contributed by atoms with Crippen molar-refractivity contribution < 1.29 is 4.39 Å². The van der Waals surface area contributed by atoms with Gasteiger partial charge in [0.1, 0.15) is 5.82 Å². The van der Waals surface area contributed by atoms with Gasteiger partial charge in [-0.05, 0) is 60.3 Å². The summed E-state index contributed by atoms with van der Waals surface area (Å²) in [5.41, 5.74) is 4.90. The van der Waals surface area contributed by atoms with Gasteiger partial charge in [0, 0.05) is 5.56 Å². The van der Waals surface area contributed by atoms with E-state index in [1.165, 1.54) is 17.6 Å². The Hall–Kier alpha value is -1.86. The highest BCUT2D eigenvalue weighted by Gasteiger charge is 2.14. The molecule has 1 aliphatic carbocycles. The van der Waals surface area contributed by atoms with Gasteiger partial charge in [0.05, 0.1) is 5.02 Å². The molecule has 1 atom stereocenters. The van der Waals surface area contributed by atoms with Gasteiger partial charge in [-0.25, -0.2) is 4.39 Å². The Morgan fingerprint density at radius 3 is 2.52 bits per heavy atom. The van der Waals surface area contributed by atoms with Gasteiger partial charge in [-0.15, -0.1) is 6.58 Å². The molecule has 0 saturated heterocycles. The Bertz CT molecular complexity index is 786. The molecule has 0 bridgehead atoms. The third kappa shape index (κ3) is 4.04. The van der Waals surface area contributed by atoms with Gasteiger partial charge in [-0.3, -0.25) is 0 Å². The average Bonchev–Trinajstić information content (AvgIpc) is 2.64. The van der Waals surface area contributed by atoms with E-state index in [1.54, 1.807) is 0 Å². The highest BCUT2D eigenvalue weighted by atomic mass is 35.5. The Morgan fingerprint density at radius 2 is 1.88 bits per heavy atom. The minimum absolute atomic E-state index is 0.229. The smallest absolute Gasteiger partial charge is 0.149 e. The van der Waals surface area contributed by atoms with Crippen LogP contribution in [0.3, 0.4) is 0 Å². The van der Waals surface area contributed by atoms with Gasteiger partial charge < -0.3 is 0 Å². The van der Waals surface area contributed by atoms with Crippen molar-refractivity contribution in [3.05, 3.63) is 77.1 Å². The average molecular weight is 355 g/mol. The summed E-state index contributed by atoms with van der Waals surface area (Å²) in [5.74, 6) is 0.445. The standard InChI is InChI=1S/C23H24ClF/c1-3-4-5-20-14-15-21(23(25)22(20)24)19-12-10-18(11-13-19)17-8-6-16(2)7-9-17/h3,8,10-16H,1,4-7,9H2,2H3. The van der Waals surface area contributed by atoms with Gasteiger partial charge in [-0.1, -0.05) is 67.1 Å². The topological polar surface area (TPSA) is 0 Å². The molecular formula is C23H24ClF. The molecule has 0 spiro atoms. The van der Waals surface area contributed by atoms with Crippen molar-refractivity contribution in [3.63, 3.8) is 0 Å². The number of hydrogen-bond acceptors (Lipinski definition) is 0. The summed E-state index contributed by atoms with van der Waals surface area (Å²) >= 11 is 6.23. The Balaban J connectivity index is 1.85. The van der Waals surface area contributed by atoms with Crippen LogP contribution in [0.1, 0.15) is 43.7 Å². The zero-order chi connectivity index (χ0) is 17.8. The molecule has 0 heterocycles. The van der Waals surface area contributed by atoms with Gasteiger partial charge in [0.2, 0.25) is 0 Å². The van der Waals surface area contributed by atoms with E-state index >= 15 is 0 Å². The molecule has 0 amide bonds. The number of allylic oxidation sites excluding steroid dienone is 3. The molecule has 2 aromatic carbocycles. The largest absolute Gasteiger partial charge is 0.205 e. The number of aryl methyl sites for hydroxylation is 1. The molecule has 25 heavy (non-hydrogen) atoms. The Labute approximate surface area is 155 Å². The molecule has 130 valence electrons. The number of hydrogen-bond donors (Lipinski definition) is 0. The molecule has 1 aliphatic rings. The van der Waals surface area contributed by atoms with Crippen molar-refractivity contribution in [2.75, 3.05) is 0 Å². The molecule has 2 aromatic rings. The zero-order valence-electron chi connectivity index (χ0n) is 14.7. The van der Waals surface area contributed by atoms with Crippen LogP contribution in [-0.2, 0) is 6.42 Å². The lowest BCUT2D eigenvalue weighted by molar-refractivity contribution is 0.534. The Kier molecular flexibility index (Phi) is 5.75. The minimum Gasteiger partial charge on any atom is -0.205 e. The van der Waals surface area contributed by atoms with E-state index in [9.17, 15) is 4.39 Å². The lowest BCUT2D eigenvalue weighted by Gasteiger charge is -2.18. The van der Waals surface area contributed by atoms with Crippen molar-refractivity contribution in [1.29, 1.82) is 0 Å². The molecule has 0 nitrogen and oxygen atoms in total. The summed E-state index contributed by atoms with van der Waals surface area (Å²) in [7, 11) is 0. The van der Waals surface area contributed by atoms with Gasteiger partial charge in [0.15, 0.2) is 0 Å². The van der Waals surface area contributed by atoms with Crippen LogP contribution in [0, 0.1) is 11.7 Å². The molecule has 0 aliphatic heterocycles. The maximum Gasteiger partial charge on any atom is 0.149 e. The summed E-state index contributed by atoms with van der Waals surface area (Å²) in [5, 5.41) is 0.229. The second kappa shape index (κ2) is 8.01. The van der Waals surface area contributed by atoms with E-state index in [0.29, 0.717) is 12.0 Å². The molecule has 0 fully saturated rings. The van der Waals surface area contributed by atoms with Gasteiger partial charge >= 0.3 is 0 Å². The molecule has 0 N–H and O–H groups in total. The maximum atomic E-state index is 14.7. The van der Waals surface area contributed by atoms with Gasteiger partial charge in [0.25, 0.3) is 0 Å². The summed E-state index contributed by atoms with van der Waals surface area (Å²) in [6.45, 7) is 6.00. The minimum atomic E-state index is -0.332. The van der Waals surface area contributed by atoms with E-state index in [1.807, 2.05) is 30.3 Å².